The second-order valence-corrected chi connectivity index (χ2v) is 7.15. The number of benzene rings is 1. The number of hydrogen-bond acceptors (Lipinski definition) is 3. The van der Waals surface area contributed by atoms with Crippen LogP contribution in [0.4, 0.5) is 5.69 Å². The van der Waals surface area contributed by atoms with Gasteiger partial charge in [-0.25, -0.2) is 8.42 Å². The van der Waals surface area contributed by atoms with Crippen LogP contribution in [0.15, 0.2) is 29.2 Å². The van der Waals surface area contributed by atoms with Crippen LogP contribution >= 0.6 is 0 Å². The number of unbranched alkanes of at least 4 members (excludes halogenated alkanes) is 1. The Morgan fingerprint density at radius 2 is 1.52 bits per heavy atom. The Balaban J connectivity index is 2.82. The second kappa shape index (κ2) is 9.05. The molecule has 0 aliphatic rings. The van der Waals surface area contributed by atoms with Crippen LogP contribution in [0.5, 0.6) is 0 Å². The molecule has 0 aliphatic carbocycles. The third-order valence-corrected chi connectivity index (χ3v) is 5.21. The number of nitrogens with one attached hydrogen (secondary N) is 1. The van der Waals surface area contributed by atoms with Crippen molar-refractivity contribution in [2.24, 2.45) is 0 Å². The Bertz CT molecular complexity index is 492. The summed E-state index contributed by atoms with van der Waals surface area (Å²) in [7, 11) is -3.36. The molecule has 0 aliphatic heterocycles. The third-order valence-electron chi connectivity index (χ3n) is 3.30. The van der Waals surface area contributed by atoms with Crippen molar-refractivity contribution in [1.82, 2.24) is 4.31 Å². The van der Waals surface area contributed by atoms with Gasteiger partial charge >= 0.3 is 0 Å². The zero-order valence-electron chi connectivity index (χ0n) is 13.4. The van der Waals surface area contributed by atoms with Crippen LogP contribution in [-0.4, -0.2) is 32.4 Å². The van der Waals surface area contributed by atoms with Crippen molar-refractivity contribution in [2.75, 3.05) is 25.0 Å². The zero-order chi connectivity index (χ0) is 15.7. The summed E-state index contributed by atoms with van der Waals surface area (Å²) in [5, 5.41) is 3.30. The number of anilines is 1. The van der Waals surface area contributed by atoms with Gasteiger partial charge in [-0.05, 0) is 43.5 Å². The normalized spacial score (nSPS) is 11.8. The minimum Gasteiger partial charge on any atom is -0.385 e. The molecule has 1 aromatic carbocycles. The minimum absolute atomic E-state index is 0.380. The first-order chi connectivity index (χ1) is 10.1. The predicted octanol–water partition coefficient (Wildman–Crippen LogP) is 3.71. The molecule has 0 saturated carbocycles. The molecule has 0 atom stereocenters. The average molecular weight is 312 g/mol. The fraction of sp³-hybridized carbons (Fsp3) is 0.625. The Morgan fingerprint density at radius 1 is 0.952 bits per heavy atom. The summed E-state index contributed by atoms with van der Waals surface area (Å²) in [6.07, 6.45) is 3.91. The maximum absolute atomic E-state index is 12.6. The summed E-state index contributed by atoms with van der Waals surface area (Å²) < 4.78 is 26.8. The number of nitrogens with zero attached hydrogens (tertiary/aromatic N) is 1. The van der Waals surface area contributed by atoms with E-state index in [4.69, 9.17) is 0 Å². The second-order valence-electron chi connectivity index (χ2n) is 5.21. The molecule has 0 amide bonds. The van der Waals surface area contributed by atoms with Gasteiger partial charge in [-0.3, -0.25) is 0 Å². The summed E-state index contributed by atoms with van der Waals surface area (Å²) in [5.41, 5.74) is 0.972. The van der Waals surface area contributed by atoms with Crippen molar-refractivity contribution >= 4 is 15.7 Å². The molecule has 1 N–H and O–H groups in total. The van der Waals surface area contributed by atoms with Crippen molar-refractivity contribution in [3.63, 3.8) is 0 Å². The van der Waals surface area contributed by atoms with Gasteiger partial charge in [0.05, 0.1) is 4.90 Å². The Morgan fingerprint density at radius 3 is 2.00 bits per heavy atom. The largest absolute Gasteiger partial charge is 0.385 e. The summed E-state index contributed by atoms with van der Waals surface area (Å²) in [4.78, 5) is 0.380. The number of rotatable bonds is 10. The van der Waals surface area contributed by atoms with Crippen LogP contribution in [0.2, 0.25) is 0 Å². The molecule has 0 spiro atoms. The highest BCUT2D eigenvalue weighted by atomic mass is 32.2. The first-order valence-corrected chi connectivity index (χ1v) is 9.34. The van der Waals surface area contributed by atoms with E-state index in [0.717, 1.165) is 37.9 Å². The Labute approximate surface area is 129 Å². The third kappa shape index (κ3) is 5.32. The summed E-state index contributed by atoms with van der Waals surface area (Å²) in [6, 6.07) is 7.08. The number of sulfonamides is 1. The quantitative estimate of drug-likeness (QED) is 0.670. The topological polar surface area (TPSA) is 49.4 Å². The van der Waals surface area contributed by atoms with Crippen LogP contribution in [0.3, 0.4) is 0 Å². The lowest BCUT2D eigenvalue weighted by Gasteiger charge is -2.21. The van der Waals surface area contributed by atoms with Gasteiger partial charge in [0.15, 0.2) is 0 Å². The van der Waals surface area contributed by atoms with Gasteiger partial charge in [0, 0.05) is 25.3 Å². The molecule has 5 heteroatoms. The van der Waals surface area contributed by atoms with Crippen LogP contribution < -0.4 is 5.32 Å². The highest BCUT2D eigenvalue weighted by Gasteiger charge is 2.22. The Kier molecular flexibility index (Phi) is 7.75. The Hall–Kier alpha value is -1.07. The molecule has 0 fully saturated rings. The SMILES string of the molecule is CCCCNc1ccc(S(=O)(=O)N(CCC)CCC)cc1. The fourth-order valence-electron chi connectivity index (χ4n) is 2.15. The van der Waals surface area contributed by atoms with Crippen molar-refractivity contribution in [2.45, 2.75) is 51.3 Å². The van der Waals surface area contributed by atoms with Gasteiger partial charge in [-0.2, -0.15) is 4.31 Å². The lowest BCUT2D eigenvalue weighted by Crippen LogP contribution is -2.32. The monoisotopic (exact) mass is 312 g/mol. The van der Waals surface area contributed by atoms with Crippen LogP contribution in [0.1, 0.15) is 46.5 Å². The number of hydrogen-bond donors (Lipinski definition) is 1. The van der Waals surface area contributed by atoms with E-state index in [1.165, 1.54) is 0 Å². The van der Waals surface area contributed by atoms with Crippen LogP contribution in [0.25, 0.3) is 0 Å². The van der Waals surface area contributed by atoms with Crippen LogP contribution in [0, 0.1) is 0 Å². The molecular formula is C16H28N2O2S. The van der Waals surface area contributed by atoms with E-state index in [1.54, 1.807) is 16.4 Å². The molecule has 1 rings (SSSR count). The van der Waals surface area contributed by atoms with E-state index in [1.807, 2.05) is 26.0 Å². The van der Waals surface area contributed by atoms with Gasteiger partial charge in [0.25, 0.3) is 0 Å². The smallest absolute Gasteiger partial charge is 0.243 e. The zero-order valence-corrected chi connectivity index (χ0v) is 14.2. The van der Waals surface area contributed by atoms with Gasteiger partial charge in [-0.1, -0.05) is 27.2 Å². The molecule has 0 bridgehead atoms. The van der Waals surface area contributed by atoms with E-state index >= 15 is 0 Å². The van der Waals surface area contributed by atoms with Gasteiger partial charge < -0.3 is 5.32 Å². The fourth-order valence-corrected chi connectivity index (χ4v) is 3.78. The van der Waals surface area contributed by atoms with E-state index in [-0.39, 0.29) is 0 Å². The maximum Gasteiger partial charge on any atom is 0.243 e. The van der Waals surface area contributed by atoms with E-state index in [2.05, 4.69) is 12.2 Å². The molecule has 0 heterocycles. The van der Waals surface area contributed by atoms with E-state index in [0.29, 0.717) is 18.0 Å². The molecule has 0 radical (unpaired) electrons. The summed E-state index contributed by atoms with van der Waals surface area (Å²) >= 11 is 0. The standard InChI is InChI=1S/C16H28N2O2S/c1-4-7-12-17-15-8-10-16(11-9-15)21(19,20)18(13-5-2)14-6-3/h8-11,17H,4-7,12-14H2,1-3H3. The van der Waals surface area contributed by atoms with Gasteiger partial charge in [-0.15, -0.1) is 0 Å². The molecule has 4 nitrogen and oxygen atoms in total. The lowest BCUT2D eigenvalue weighted by molar-refractivity contribution is 0.410. The van der Waals surface area contributed by atoms with Crippen molar-refractivity contribution in [1.29, 1.82) is 0 Å². The van der Waals surface area contributed by atoms with Gasteiger partial charge in [0.1, 0.15) is 0 Å². The molecule has 21 heavy (non-hydrogen) atoms. The lowest BCUT2D eigenvalue weighted by atomic mass is 10.3. The summed E-state index contributed by atoms with van der Waals surface area (Å²) in [5.74, 6) is 0. The highest BCUT2D eigenvalue weighted by Crippen LogP contribution is 2.19. The molecule has 0 aromatic heterocycles. The maximum atomic E-state index is 12.6. The highest BCUT2D eigenvalue weighted by molar-refractivity contribution is 7.89. The minimum atomic E-state index is -3.36. The average Bonchev–Trinajstić information content (AvgIpc) is 2.48. The summed E-state index contributed by atoms with van der Waals surface area (Å²) in [6.45, 7) is 8.21. The first-order valence-electron chi connectivity index (χ1n) is 7.90. The predicted molar refractivity (Wildman–Crippen MR) is 89.2 cm³/mol. The van der Waals surface area contributed by atoms with Crippen molar-refractivity contribution < 1.29 is 8.42 Å². The van der Waals surface area contributed by atoms with Crippen molar-refractivity contribution in [3.05, 3.63) is 24.3 Å². The molecule has 0 saturated heterocycles. The molecular weight excluding hydrogens is 284 g/mol. The van der Waals surface area contributed by atoms with Crippen molar-refractivity contribution in [3.8, 4) is 0 Å². The van der Waals surface area contributed by atoms with Crippen LogP contribution in [-0.2, 0) is 10.0 Å². The molecule has 0 unspecified atom stereocenters. The molecule has 120 valence electrons. The first kappa shape index (κ1) is 18.0. The van der Waals surface area contributed by atoms with E-state index < -0.39 is 10.0 Å². The van der Waals surface area contributed by atoms with Gasteiger partial charge in [0.2, 0.25) is 10.0 Å². The van der Waals surface area contributed by atoms with E-state index in [9.17, 15) is 8.42 Å². The molecule has 1 aromatic rings.